The molecule has 2 aromatic heterocycles. The number of imidazole rings is 1. The largest absolute Gasteiger partial charge is 0.394 e. The van der Waals surface area contributed by atoms with Gasteiger partial charge in [-0.3, -0.25) is 4.57 Å². The molecule has 1 aliphatic heterocycles. The van der Waals surface area contributed by atoms with Crippen LogP contribution in [0.4, 0.5) is 11.8 Å². The molecule has 4 atom stereocenters. The van der Waals surface area contributed by atoms with E-state index in [0.29, 0.717) is 23.7 Å². The number of aliphatic hydroxyl groups excluding tert-OH is 3. The molecule has 148 valence electrons. The summed E-state index contributed by atoms with van der Waals surface area (Å²) in [6.45, 7) is 2.11. The molecule has 10 nitrogen and oxygen atoms in total. The molecule has 1 aromatic carbocycles. The van der Waals surface area contributed by atoms with Crippen molar-refractivity contribution in [2.45, 2.75) is 38.0 Å². The van der Waals surface area contributed by atoms with Crippen molar-refractivity contribution >= 4 is 22.9 Å². The number of anilines is 2. The Balaban J connectivity index is 1.62. The van der Waals surface area contributed by atoms with E-state index >= 15 is 0 Å². The van der Waals surface area contributed by atoms with E-state index in [1.807, 2.05) is 31.2 Å². The predicted octanol–water partition coefficient (Wildman–Crippen LogP) is -0.0595. The molecule has 0 bridgehead atoms. The Morgan fingerprint density at radius 2 is 1.93 bits per heavy atom. The van der Waals surface area contributed by atoms with E-state index in [-0.39, 0.29) is 5.82 Å². The highest BCUT2D eigenvalue weighted by Gasteiger charge is 2.44. The molecule has 4 rings (SSSR count). The van der Waals surface area contributed by atoms with E-state index in [0.717, 1.165) is 5.56 Å². The number of aromatic nitrogens is 4. The first kappa shape index (κ1) is 18.6. The number of nitrogens with zero attached hydrogens (tertiary/aromatic N) is 4. The Labute approximate surface area is 160 Å². The maximum Gasteiger partial charge on any atom is 0.227 e. The fraction of sp³-hybridized carbons (Fsp3) is 0.389. The van der Waals surface area contributed by atoms with Crippen molar-refractivity contribution in [2.24, 2.45) is 0 Å². The third-order valence-corrected chi connectivity index (χ3v) is 4.81. The smallest absolute Gasteiger partial charge is 0.227 e. The highest BCUT2D eigenvalue weighted by molar-refractivity contribution is 5.83. The maximum absolute atomic E-state index is 10.3. The van der Waals surface area contributed by atoms with Gasteiger partial charge in [0.05, 0.1) is 12.9 Å². The van der Waals surface area contributed by atoms with Gasteiger partial charge in [0.1, 0.15) is 23.8 Å². The van der Waals surface area contributed by atoms with Crippen LogP contribution in [0.15, 0.2) is 30.6 Å². The first-order valence-electron chi connectivity index (χ1n) is 8.90. The lowest BCUT2D eigenvalue weighted by Crippen LogP contribution is -2.33. The van der Waals surface area contributed by atoms with Crippen molar-refractivity contribution in [2.75, 3.05) is 17.7 Å². The minimum absolute atomic E-state index is 0.182. The Hall–Kier alpha value is -2.79. The van der Waals surface area contributed by atoms with Crippen LogP contribution >= 0.6 is 0 Å². The van der Waals surface area contributed by atoms with Gasteiger partial charge in [-0.2, -0.15) is 9.97 Å². The molecule has 3 heterocycles. The van der Waals surface area contributed by atoms with Gasteiger partial charge < -0.3 is 31.1 Å². The number of fused-ring (bicyclic) bond motifs is 1. The molecular weight excluding hydrogens is 364 g/mol. The van der Waals surface area contributed by atoms with Crippen LogP contribution in [0.1, 0.15) is 17.4 Å². The van der Waals surface area contributed by atoms with Crippen molar-refractivity contribution < 1.29 is 20.1 Å². The molecule has 0 radical (unpaired) electrons. The monoisotopic (exact) mass is 386 g/mol. The van der Waals surface area contributed by atoms with Gasteiger partial charge in [0.25, 0.3) is 0 Å². The molecule has 28 heavy (non-hydrogen) atoms. The maximum atomic E-state index is 10.3. The summed E-state index contributed by atoms with van der Waals surface area (Å²) in [4.78, 5) is 12.9. The van der Waals surface area contributed by atoms with E-state index in [1.165, 1.54) is 16.5 Å². The molecular formula is C18H22N6O4. The van der Waals surface area contributed by atoms with Crippen molar-refractivity contribution in [1.29, 1.82) is 0 Å². The van der Waals surface area contributed by atoms with E-state index in [1.54, 1.807) is 0 Å². The van der Waals surface area contributed by atoms with Gasteiger partial charge >= 0.3 is 0 Å². The number of rotatable bonds is 5. The number of hydrogen-bond donors (Lipinski definition) is 5. The molecule has 3 aromatic rings. The van der Waals surface area contributed by atoms with Crippen molar-refractivity contribution in [1.82, 2.24) is 19.5 Å². The molecule has 1 saturated heterocycles. The summed E-state index contributed by atoms with van der Waals surface area (Å²) in [7, 11) is 0. The highest BCUT2D eigenvalue weighted by Crippen LogP contribution is 2.32. The van der Waals surface area contributed by atoms with E-state index < -0.39 is 31.1 Å². The quantitative estimate of drug-likeness (QED) is 0.406. The number of ether oxygens (including phenoxy) is 1. The molecule has 1 fully saturated rings. The molecule has 0 amide bonds. The number of aliphatic hydroxyl groups is 3. The lowest BCUT2D eigenvalue weighted by atomic mass is 10.1. The Kier molecular flexibility index (Phi) is 4.85. The second kappa shape index (κ2) is 7.32. The molecule has 0 aliphatic carbocycles. The molecule has 0 spiro atoms. The Morgan fingerprint density at radius 3 is 2.61 bits per heavy atom. The number of benzene rings is 1. The molecule has 10 heteroatoms. The fourth-order valence-electron chi connectivity index (χ4n) is 3.20. The lowest BCUT2D eigenvalue weighted by Gasteiger charge is -2.16. The normalized spacial score (nSPS) is 24.7. The van der Waals surface area contributed by atoms with Crippen LogP contribution in [0.25, 0.3) is 11.2 Å². The minimum atomic E-state index is -1.24. The number of nitrogen functional groups attached to an aromatic ring is 1. The zero-order valence-corrected chi connectivity index (χ0v) is 15.2. The third kappa shape index (κ3) is 3.27. The van der Waals surface area contributed by atoms with Crippen LogP contribution in [0.3, 0.4) is 0 Å². The second-order valence-electron chi connectivity index (χ2n) is 6.82. The van der Waals surface area contributed by atoms with E-state index in [9.17, 15) is 15.3 Å². The minimum Gasteiger partial charge on any atom is -0.394 e. The van der Waals surface area contributed by atoms with Gasteiger partial charge in [0.2, 0.25) is 5.95 Å². The first-order chi connectivity index (χ1) is 13.5. The summed E-state index contributed by atoms with van der Waals surface area (Å²) in [6, 6.07) is 8.06. The summed E-state index contributed by atoms with van der Waals surface area (Å²) in [6.07, 6.45) is -2.88. The van der Waals surface area contributed by atoms with Gasteiger partial charge in [-0.15, -0.1) is 0 Å². The lowest BCUT2D eigenvalue weighted by molar-refractivity contribution is -0.0511. The van der Waals surface area contributed by atoms with Crippen LogP contribution < -0.4 is 11.1 Å². The number of nitrogens with two attached hydrogens (primary N) is 1. The zero-order chi connectivity index (χ0) is 19.8. The molecule has 0 saturated carbocycles. The standard InChI is InChI=1S/C18H22N6O4/c1-9-2-4-10(5-3-9)6-20-18-22-15(19)12-16(23-18)24(8-21-12)17-14(27)13(26)11(7-25)28-17/h2-5,8,11,13-14,17,25-27H,6-7H2,1H3,(H3,19,20,22,23)/t11-,13-,14-,17-/m1/s1. The first-order valence-corrected chi connectivity index (χ1v) is 8.90. The van der Waals surface area contributed by atoms with Crippen LogP contribution in [0.5, 0.6) is 0 Å². The van der Waals surface area contributed by atoms with Crippen LogP contribution in [-0.4, -0.2) is 59.8 Å². The van der Waals surface area contributed by atoms with Gasteiger partial charge in [-0.25, -0.2) is 4.98 Å². The third-order valence-electron chi connectivity index (χ3n) is 4.81. The average molecular weight is 386 g/mol. The second-order valence-corrected chi connectivity index (χ2v) is 6.82. The zero-order valence-electron chi connectivity index (χ0n) is 15.2. The van der Waals surface area contributed by atoms with E-state index in [4.69, 9.17) is 10.5 Å². The van der Waals surface area contributed by atoms with E-state index in [2.05, 4.69) is 20.3 Å². The molecule has 1 aliphatic rings. The van der Waals surface area contributed by atoms with Crippen LogP contribution in [0, 0.1) is 6.92 Å². The number of aryl methyl sites for hydroxylation is 1. The van der Waals surface area contributed by atoms with Gasteiger partial charge in [-0.05, 0) is 12.5 Å². The number of nitrogens with one attached hydrogen (secondary N) is 1. The van der Waals surface area contributed by atoms with Crippen molar-refractivity contribution in [3.05, 3.63) is 41.7 Å². The average Bonchev–Trinajstić information content (AvgIpc) is 3.23. The topological polar surface area (TPSA) is 152 Å². The molecule has 6 N–H and O–H groups in total. The highest BCUT2D eigenvalue weighted by atomic mass is 16.6. The summed E-state index contributed by atoms with van der Waals surface area (Å²) in [5, 5.41) is 32.7. The van der Waals surface area contributed by atoms with Crippen LogP contribution in [0.2, 0.25) is 0 Å². The predicted molar refractivity (Wildman–Crippen MR) is 101 cm³/mol. The SMILES string of the molecule is Cc1ccc(CNc2nc(N)c3ncn([C@@H]4O[C@H](CO)[C@@H](O)[C@H]4O)c3n2)cc1. The summed E-state index contributed by atoms with van der Waals surface area (Å²) in [5.74, 6) is 0.487. The summed E-state index contributed by atoms with van der Waals surface area (Å²) < 4.78 is 7.04. The molecule has 0 unspecified atom stereocenters. The fourth-order valence-corrected chi connectivity index (χ4v) is 3.20. The van der Waals surface area contributed by atoms with Gasteiger partial charge in [0, 0.05) is 6.54 Å². The van der Waals surface area contributed by atoms with Crippen molar-refractivity contribution in [3.8, 4) is 0 Å². The van der Waals surface area contributed by atoms with Gasteiger partial charge in [-0.1, -0.05) is 29.8 Å². The number of hydrogen-bond acceptors (Lipinski definition) is 9. The Bertz CT molecular complexity index is 976. The van der Waals surface area contributed by atoms with Crippen molar-refractivity contribution in [3.63, 3.8) is 0 Å². The van der Waals surface area contributed by atoms with Gasteiger partial charge in [0.15, 0.2) is 17.7 Å². The summed E-state index contributed by atoms with van der Waals surface area (Å²) >= 11 is 0. The Morgan fingerprint density at radius 1 is 1.18 bits per heavy atom. The van der Waals surface area contributed by atoms with Crippen LogP contribution in [-0.2, 0) is 11.3 Å². The summed E-state index contributed by atoms with van der Waals surface area (Å²) in [5.41, 5.74) is 8.96.